The van der Waals surface area contributed by atoms with Gasteiger partial charge in [0, 0.05) is 45.3 Å². The molecule has 1 aliphatic heterocycles. The van der Waals surface area contributed by atoms with Crippen LogP contribution in [-0.4, -0.2) is 54.6 Å². The summed E-state index contributed by atoms with van der Waals surface area (Å²) in [5.74, 6) is 1.84. The number of halogens is 1. The average molecular weight is 365 g/mol. The number of hydrogen-bond acceptors (Lipinski definition) is 4. The molecule has 0 bridgehead atoms. The number of nitrogens with zero attached hydrogens (tertiary/aromatic N) is 3. The van der Waals surface area contributed by atoms with E-state index in [-0.39, 0.29) is 5.91 Å². The predicted molar refractivity (Wildman–Crippen MR) is 102 cm³/mol. The van der Waals surface area contributed by atoms with Crippen molar-refractivity contribution in [1.29, 1.82) is 0 Å². The highest BCUT2D eigenvalue weighted by Crippen LogP contribution is 2.28. The highest BCUT2D eigenvalue weighted by Gasteiger charge is 2.24. The second-order valence-corrected chi connectivity index (χ2v) is 7.75. The van der Waals surface area contributed by atoms with Crippen LogP contribution in [0.25, 0.3) is 0 Å². The van der Waals surface area contributed by atoms with E-state index in [4.69, 9.17) is 11.6 Å². The fraction of sp³-hybridized carbons (Fsp3) is 0.684. The zero-order valence-corrected chi connectivity index (χ0v) is 15.8. The Hall–Kier alpha value is -1.33. The number of piperazine rings is 1. The highest BCUT2D eigenvalue weighted by atomic mass is 35.5. The summed E-state index contributed by atoms with van der Waals surface area (Å²) in [5.41, 5.74) is 0. The van der Waals surface area contributed by atoms with Gasteiger partial charge in [-0.25, -0.2) is 4.98 Å². The van der Waals surface area contributed by atoms with Crippen molar-refractivity contribution in [3.05, 3.63) is 23.4 Å². The highest BCUT2D eigenvalue weighted by molar-refractivity contribution is 6.32. The van der Waals surface area contributed by atoms with Crippen molar-refractivity contribution < 1.29 is 4.79 Å². The van der Waals surface area contributed by atoms with Gasteiger partial charge in [-0.3, -0.25) is 9.69 Å². The minimum atomic E-state index is 0.106. The van der Waals surface area contributed by atoms with Crippen LogP contribution >= 0.6 is 11.6 Å². The largest absolute Gasteiger partial charge is 0.354 e. The van der Waals surface area contributed by atoms with Gasteiger partial charge in [-0.1, -0.05) is 11.6 Å². The monoisotopic (exact) mass is 364 g/mol. The predicted octanol–water partition coefficient (Wildman–Crippen LogP) is 2.94. The number of anilines is 1. The van der Waals surface area contributed by atoms with Crippen LogP contribution in [-0.2, 0) is 4.79 Å². The van der Waals surface area contributed by atoms with E-state index in [1.165, 1.54) is 25.8 Å². The third-order valence-corrected chi connectivity index (χ3v) is 5.81. The first-order chi connectivity index (χ1) is 12.1. The van der Waals surface area contributed by atoms with E-state index in [0.29, 0.717) is 6.04 Å². The van der Waals surface area contributed by atoms with Gasteiger partial charge in [-0.2, -0.15) is 0 Å². The van der Waals surface area contributed by atoms with Crippen LogP contribution in [0.1, 0.15) is 39.0 Å². The summed E-state index contributed by atoms with van der Waals surface area (Å²) in [6.07, 6.45) is 7.84. The molecular weight excluding hydrogens is 336 g/mol. The lowest BCUT2D eigenvalue weighted by atomic mass is 9.84. The van der Waals surface area contributed by atoms with E-state index >= 15 is 0 Å². The third-order valence-electron chi connectivity index (χ3n) is 5.52. The molecule has 0 spiro atoms. The zero-order valence-electron chi connectivity index (χ0n) is 15.1. The van der Waals surface area contributed by atoms with E-state index in [9.17, 15) is 4.79 Å². The molecule has 0 atom stereocenters. The van der Waals surface area contributed by atoms with E-state index in [1.54, 1.807) is 6.92 Å². The van der Waals surface area contributed by atoms with Crippen molar-refractivity contribution in [3.63, 3.8) is 0 Å². The average Bonchev–Trinajstić information content (AvgIpc) is 2.62. The van der Waals surface area contributed by atoms with Gasteiger partial charge in [0.2, 0.25) is 5.91 Å². The van der Waals surface area contributed by atoms with E-state index in [0.717, 1.165) is 55.8 Å². The molecule has 2 heterocycles. The molecular formula is C19H29ClN4O. The molecule has 25 heavy (non-hydrogen) atoms. The minimum Gasteiger partial charge on any atom is -0.354 e. The fourth-order valence-corrected chi connectivity index (χ4v) is 4.28. The fourth-order valence-electron chi connectivity index (χ4n) is 4.04. The summed E-state index contributed by atoms with van der Waals surface area (Å²) in [6, 6.07) is 4.19. The summed E-state index contributed by atoms with van der Waals surface area (Å²) >= 11 is 6.26. The van der Waals surface area contributed by atoms with E-state index in [2.05, 4.69) is 20.1 Å². The third kappa shape index (κ3) is 5.32. The molecule has 1 N–H and O–H groups in total. The zero-order chi connectivity index (χ0) is 17.6. The van der Waals surface area contributed by atoms with Crippen molar-refractivity contribution in [2.24, 2.45) is 5.92 Å². The Labute approximate surface area is 155 Å². The lowest BCUT2D eigenvalue weighted by Crippen LogP contribution is -2.47. The Morgan fingerprint density at radius 3 is 2.60 bits per heavy atom. The molecule has 138 valence electrons. The Balaban J connectivity index is 1.36. The van der Waals surface area contributed by atoms with Gasteiger partial charge in [0.25, 0.3) is 0 Å². The number of hydrogen-bond donors (Lipinski definition) is 1. The lowest BCUT2D eigenvalue weighted by molar-refractivity contribution is -0.119. The van der Waals surface area contributed by atoms with Crippen LogP contribution in [0.15, 0.2) is 18.3 Å². The van der Waals surface area contributed by atoms with Crippen molar-refractivity contribution in [2.75, 3.05) is 37.6 Å². The summed E-state index contributed by atoms with van der Waals surface area (Å²) < 4.78 is 0. The molecule has 0 unspecified atom stereocenters. The summed E-state index contributed by atoms with van der Waals surface area (Å²) in [6.45, 7) is 6.93. The molecule has 0 radical (unpaired) electrons. The molecule has 1 amide bonds. The number of aromatic nitrogens is 1. The maximum Gasteiger partial charge on any atom is 0.217 e. The second-order valence-electron chi connectivity index (χ2n) is 7.34. The van der Waals surface area contributed by atoms with Gasteiger partial charge in [0.05, 0.1) is 5.02 Å². The van der Waals surface area contributed by atoms with Crippen LogP contribution in [0.2, 0.25) is 5.02 Å². The van der Waals surface area contributed by atoms with Crippen LogP contribution in [0.4, 0.5) is 5.82 Å². The molecule has 1 saturated carbocycles. The standard InChI is InChI=1S/C19H29ClN4O/c1-15(25)22-17-6-4-16(5-7-17)8-10-23-11-13-24(14-12-23)19-18(20)3-2-9-21-19/h2-3,9,16-17H,4-8,10-14H2,1H3,(H,22,25). The first-order valence-electron chi connectivity index (χ1n) is 9.46. The Kier molecular flexibility index (Phi) is 6.54. The Morgan fingerprint density at radius 1 is 1.24 bits per heavy atom. The SMILES string of the molecule is CC(=O)NC1CCC(CCN2CCN(c3ncccc3Cl)CC2)CC1. The normalized spacial score (nSPS) is 25.0. The molecule has 1 saturated heterocycles. The molecule has 1 aromatic heterocycles. The quantitative estimate of drug-likeness (QED) is 0.872. The number of carbonyl (C=O) groups is 1. The van der Waals surface area contributed by atoms with Gasteiger partial charge >= 0.3 is 0 Å². The maximum absolute atomic E-state index is 11.1. The maximum atomic E-state index is 11.1. The number of pyridine rings is 1. The number of carbonyl (C=O) groups excluding carboxylic acids is 1. The molecule has 1 aromatic rings. The second kappa shape index (κ2) is 8.86. The molecule has 3 rings (SSSR count). The first kappa shape index (κ1) is 18.5. The molecule has 0 aromatic carbocycles. The van der Waals surface area contributed by atoms with Crippen molar-refractivity contribution >= 4 is 23.3 Å². The summed E-state index contributed by atoms with van der Waals surface area (Å²) in [4.78, 5) is 20.4. The number of amides is 1. The Bertz CT molecular complexity index is 566. The van der Waals surface area contributed by atoms with Gasteiger partial charge in [-0.15, -0.1) is 0 Å². The minimum absolute atomic E-state index is 0.106. The van der Waals surface area contributed by atoms with Gasteiger partial charge in [-0.05, 0) is 56.7 Å². The van der Waals surface area contributed by atoms with Gasteiger partial charge < -0.3 is 10.2 Å². The van der Waals surface area contributed by atoms with E-state index in [1.807, 2.05) is 18.3 Å². The van der Waals surface area contributed by atoms with Gasteiger partial charge in [0.15, 0.2) is 0 Å². The van der Waals surface area contributed by atoms with Crippen molar-refractivity contribution in [3.8, 4) is 0 Å². The number of rotatable bonds is 5. The summed E-state index contributed by atoms with van der Waals surface area (Å²) in [5, 5.41) is 3.80. The smallest absolute Gasteiger partial charge is 0.217 e. The Morgan fingerprint density at radius 2 is 1.96 bits per heavy atom. The van der Waals surface area contributed by atoms with Crippen LogP contribution in [0.3, 0.4) is 0 Å². The van der Waals surface area contributed by atoms with Gasteiger partial charge in [0.1, 0.15) is 5.82 Å². The molecule has 6 heteroatoms. The molecule has 2 aliphatic rings. The lowest BCUT2D eigenvalue weighted by Gasteiger charge is -2.37. The van der Waals surface area contributed by atoms with Crippen molar-refractivity contribution in [1.82, 2.24) is 15.2 Å². The van der Waals surface area contributed by atoms with Crippen LogP contribution in [0.5, 0.6) is 0 Å². The van der Waals surface area contributed by atoms with Crippen LogP contribution < -0.4 is 10.2 Å². The molecule has 1 aliphatic carbocycles. The van der Waals surface area contributed by atoms with Crippen molar-refractivity contribution in [2.45, 2.75) is 45.1 Å². The molecule has 2 fully saturated rings. The number of nitrogens with one attached hydrogen (secondary N) is 1. The van der Waals surface area contributed by atoms with E-state index < -0.39 is 0 Å². The first-order valence-corrected chi connectivity index (χ1v) is 9.84. The molecule has 5 nitrogen and oxygen atoms in total. The summed E-state index contributed by atoms with van der Waals surface area (Å²) in [7, 11) is 0. The van der Waals surface area contributed by atoms with Crippen LogP contribution in [0, 0.1) is 5.92 Å². The topological polar surface area (TPSA) is 48.5 Å².